The van der Waals surface area contributed by atoms with Crippen LogP contribution in [-0.4, -0.2) is 37.2 Å². The van der Waals surface area contributed by atoms with E-state index in [0.29, 0.717) is 19.3 Å². The first-order valence-corrected chi connectivity index (χ1v) is 28.7. The Labute approximate surface area is 426 Å². The fourth-order valence-electron chi connectivity index (χ4n) is 7.68. The molecule has 6 heteroatoms. The first-order chi connectivity index (χ1) is 34.0. The number of carbonyl (C=O) groups excluding carboxylic acids is 3. The van der Waals surface area contributed by atoms with Crippen LogP contribution >= 0.6 is 0 Å². The topological polar surface area (TPSA) is 78.9 Å². The zero-order valence-electron chi connectivity index (χ0n) is 45.0. The first kappa shape index (κ1) is 65.3. The predicted molar refractivity (Wildman–Crippen MR) is 297 cm³/mol. The Bertz CT molecular complexity index is 1380. The van der Waals surface area contributed by atoms with Crippen molar-refractivity contribution in [1.82, 2.24) is 0 Å². The number of rotatable bonds is 51. The summed E-state index contributed by atoms with van der Waals surface area (Å²) in [7, 11) is 0. The van der Waals surface area contributed by atoms with Gasteiger partial charge < -0.3 is 14.2 Å². The molecular formula is C63H106O6. The fraction of sp³-hybridized carbons (Fsp3) is 0.698. The van der Waals surface area contributed by atoms with Crippen LogP contribution < -0.4 is 0 Å². The number of hydrogen-bond donors (Lipinski definition) is 0. The number of esters is 3. The highest BCUT2D eigenvalue weighted by atomic mass is 16.6. The van der Waals surface area contributed by atoms with E-state index >= 15 is 0 Å². The van der Waals surface area contributed by atoms with Crippen molar-refractivity contribution in [3.05, 3.63) is 97.2 Å². The Kier molecular flexibility index (Phi) is 53.9. The van der Waals surface area contributed by atoms with Gasteiger partial charge in [0.15, 0.2) is 6.10 Å². The maximum Gasteiger partial charge on any atom is 0.306 e. The van der Waals surface area contributed by atoms with Crippen LogP contribution in [0.1, 0.15) is 265 Å². The molecule has 0 bridgehead atoms. The predicted octanol–water partition coefficient (Wildman–Crippen LogP) is 19.3. The summed E-state index contributed by atoms with van der Waals surface area (Å²) < 4.78 is 16.8. The fourth-order valence-corrected chi connectivity index (χ4v) is 7.68. The monoisotopic (exact) mass is 959 g/mol. The molecule has 0 radical (unpaired) electrons. The molecule has 0 saturated carbocycles. The molecule has 0 fully saturated rings. The Balaban J connectivity index is 4.52. The van der Waals surface area contributed by atoms with Gasteiger partial charge in [-0.25, -0.2) is 0 Å². The van der Waals surface area contributed by atoms with E-state index in [1.54, 1.807) is 0 Å². The maximum absolute atomic E-state index is 12.9. The maximum atomic E-state index is 12.9. The highest BCUT2D eigenvalue weighted by Crippen LogP contribution is 2.14. The zero-order chi connectivity index (χ0) is 50.0. The summed E-state index contributed by atoms with van der Waals surface area (Å²) in [5.41, 5.74) is 0. The van der Waals surface area contributed by atoms with E-state index in [-0.39, 0.29) is 37.5 Å². The number of unbranched alkanes of at least 4 members (excludes halogenated alkanes) is 24. The van der Waals surface area contributed by atoms with Crippen molar-refractivity contribution in [3.8, 4) is 0 Å². The molecule has 69 heavy (non-hydrogen) atoms. The molecule has 0 aliphatic carbocycles. The van der Waals surface area contributed by atoms with E-state index < -0.39 is 6.10 Å². The Hall–Kier alpha value is -3.67. The van der Waals surface area contributed by atoms with Crippen molar-refractivity contribution >= 4 is 17.9 Å². The van der Waals surface area contributed by atoms with Gasteiger partial charge in [-0.1, -0.05) is 227 Å². The lowest BCUT2D eigenvalue weighted by Crippen LogP contribution is -2.30. The summed E-state index contributed by atoms with van der Waals surface area (Å²) in [5, 5.41) is 0. The zero-order valence-corrected chi connectivity index (χ0v) is 45.0. The summed E-state index contributed by atoms with van der Waals surface area (Å²) in [6.07, 6.45) is 75.4. The molecule has 1 atom stereocenters. The number of carbonyl (C=O) groups is 3. The van der Waals surface area contributed by atoms with Gasteiger partial charge in [0, 0.05) is 19.3 Å². The molecule has 0 unspecified atom stereocenters. The van der Waals surface area contributed by atoms with Gasteiger partial charge in [-0.3, -0.25) is 14.4 Å². The van der Waals surface area contributed by atoms with Crippen molar-refractivity contribution in [2.45, 2.75) is 271 Å². The minimum Gasteiger partial charge on any atom is -0.462 e. The van der Waals surface area contributed by atoms with Crippen LogP contribution in [0.2, 0.25) is 0 Å². The van der Waals surface area contributed by atoms with Crippen molar-refractivity contribution in [3.63, 3.8) is 0 Å². The molecule has 394 valence electrons. The van der Waals surface area contributed by atoms with Gasteiger partial charge in [0.25, 0.3) is 0 Å². The highest BCUT2D eigenvalue weighted by molar-refractivity contribution is 5.71. The number of ether oxygens (including phenoxy) is 3. The van der Waals surface area contributed by atoms with Crippen LogP contribution in [0.4, 0.5) is 0 Å². The molecule has 0 N–H and O–H groups in total. The molecule has 0 aliphatic heterocycles. The minimum atomic E-state index is -0.815. The van der Waals surface area contributed by atoms with Crippen LogP contribution in [0.5, 0.6) is 0 Å². The van der Waals surface area contributed by atoms with E-state index in [0.717, 1.165) is 77.0 Å². The molecule has 0 aromatic rings. The van der Waals surface area contributed by atoms with Crippen LogP contribution in [0.3, 0.4) is 0 Å². The minimum absolute atomic E-state index is 0.106. The Morgan fingerprint density at radius 3 is 0.942 bits per heavy atom. The van der Waals surface area contributed by atoms with Crippen molar-refractivity contribution in [2.24, 2.45) is 0 Å². The van der Waals surface area contributed by atoms with E-state index in [4.69, 9.17) is 14.2 Å². The summed E-state index contributed by atoms with van der Waals surface area (Å²) >= 11 is 0. The van der Waals surface area contributed by atoms with Crippen LogP contribution in [0.15, 0.2) is 97.2 Å². The summed E-state index contributed by atoms with van der Waals surface area (Å²) in [6.45, 7) is 6.51. The lowest BCUT2D eigenvalue weighted by molar-refractivity contribution is -0.166. The van der Waals surface area contributed by atoms with Gasteiger partial charge >= 0.3 is 17.9 Å². The third kappa shape index (κ3) is 55.1. The summed E-state index contributed by atoms with van der Waals surface area (Å²) in [4.78, 5) is 38.1. The molecule has 0 aromatic carbocycles. The molecule has 0 heterocycles. The van der Waals surface area contributed by atoms with Gasteiger partial charge in [-0.05, 0) is 116 Å². The van der Waals surface area contributed by atoms with Gasteiger partial charge in [-0.15, -0.1) is 0 Å². The van der Waals surface area contributed by atoms with Crippen LogP contribution in [-0.2, 0) is 28.6 Å². The van der Waals surface area contributed by atoms with Crippen molar-refractivity contribution < 1.29 is 28.6 Å². The van der Waals surface area contributed by atoms with Gasteiger partial charge in [0.05, 0.1) is 0 Å². The van der Waals surface area contributed by atoms with E-state index in [2.05, 4.69) is 112 Å². The Morgan fingerprint density at radius 1 is 0.290 bits per heavy atom. The van der Waals surface area contributed by atoms with Gasteiger partial charge in [-0.2, -0.15) is 0 Å². The molecule has 0 rings (SSSR count). The van der Waals surface area contributed by atoms with Gasteiger partial charge in [0.2, 0.25) is 0 Å². The highest BCUT2D eigenvalue weighted by Gasteiger charge is 2.19. The molecule has 0 amide bonds. The standard InChI is InChI=1S/C63H106O6/c1-4-7-10-13-16-19-22-25-28-30-31-33-35-38-41-44-47-50-53-56-62(65)68-59-60(58-67-61(64)55-52-49-46-43-40-37-34-27-24-21-18-15-12-9-6-3)69-63(66)57-54-51-48-45-42-39-36-32-29-26-23-20-17-14-11-8-5-2/h16-17,19-21,24-26,28-29,31,33,38,41,47,50,60H,4-15,18,22-23,27,30,32,34-37,39-40,42-46,48-49,51-59H2,1-3H3/b19-16-,20-17-,24-21-,28-25-,29-26-,33-31-,41-38-,50-47-/t60-/m0/s1. The smallest absolute Gasteiger partial charge is 0.306 e. The van der Waals surface area contributed by atoms with E-state index in [1.807, 2.05) is 6.08 Å². The normalized spacial score (nSPS) is 12.8. The molecule has 6 nitrogen and oxygen atoms in total. The number of allylic oxidation sites excluding steroid dienone is 16. The van der Waals surface area contributed by atoms with Crippen molar-refractivity contribution in [2.75, 3.05) is 13.2 Å². The Morgan fingerprint density at radius 2 is 0.551 bits per heavy atom. The van der Waals surface area contributed by atoms with Crippen molar-refractivity contribution in [1.29, 1.82) is 0 Å². The molecular weight excluding hydrogens is 853 g/mol. The van der Waals surface area contributed by atoms with Crippen LogP contribution in [0.25, 0.3) is 0 Å². The average Bonchev–Trinajstić information content (AvgIpc) is 3.35. The second-order valence-corrected chi connectivity index (χ2v) is 18.8. The molecule has 0 saturated heterocycles. The van der Waals surface area contributed by atoms with E-state index in [9.17, 15) is 14.4 Å². The molecule has 0 aromatic heterocycles. The van der Waals surface area contributed by atoms with Crippen LogP contribution in [0, 0.1) is 0 Å². The lowest BCUT2D eigenvalue weighted by Gasteiger charge is -2.18. The third-order valence-corrected chi connectivity index (χ3v) is 12.0. The van der Waals surface area contributed by atoms with Gasteiger partial charge in [0.1, 0.15) is 13.2 Å². The average molecular weight is 960 g/mol. The SMILES string of the molecule is CCCCC/C=C\C/C=C\C/C=C\C/C=C\C/C=C\CCC(=O)OC[C@H](COC(=O)CCCCCCCCC/C=C\CCCCCC)OC(=O)CCCCCCCCC/C=C\C/C=C\CCCCC. The third-order valence-electron chi connectivity index (χ3n) is 12.0. The number of hydrogen-bond acceptors (Lipinski definition) is 6. The second-order valence-electron chi connectivity index (χ2n) is 18.8. The first-order valence-electron chi connectivity index (χ1n) is 28.7. The van der Waals surface area contributed by atoms with E-state index in [1.165, 1.54) is 141 Å². The lowest BCUT2D eigenvalue weighted by atomic mass is 10.1. The molecule has 0 spiro atoms. The summed E-state index contributed by atoms with van der Waals surface area (Å²) in [6, 6.07) is 0. The summed E-state index contributed by atoms with van der Waals surface area (Å²) in [5.74, 6) is -1.00. The largest absolute Gasteiger partial charge is 0.462 e. The second kappa shape index (κ2) is 56.9. The quantitative estimate of drug-likeness (QED) is 0.0262. The molecule has 0 aliphatic rings.